The van der Waals surface area contributed by atoms with Crippen LogP contribution < -0.4 is 10.2 Å². The Morgan fingerprint density at radius 1 is 1.18 bits per heavy atom. The molecule has 3 nitrogen and oxygen atoms in total. The van der Waals surface area contributed by atoms with Gasteiger partial charge in [-0.1, -0.05) is 36.3 Å². The van der Waals surface area contributed by atoms with Crippen molar-refractivity contribution < 1.29 is 13.6 Å². The van der Waals surface area contributed by atoms with Gasteiger partial charge >= 0.3 is 0 Å². The fraction of sp³-hybridized carbons (Fsp3) is 0.118. The van der Waals surface area contributed by atoms with E-state index in [0.29, 0.717) is 5.69 Å². The Bertz CT molecular complexity index is 768. The molecule has 0 aliphatic carbocycles. The van der Waals surface area contributed by atoms with E-state index in [9.17, 15) is 13.6 Å². The van der Waals surface area contributed by atoms with Crippen LogP contribution in [0.5, 0.6) is 0 Å². The van der Waals surface area contributed by atoms with Crippen LogP contribution >= 0.6 is 0 Å². The molecule has 0 radical (unpaired) electrons. The van der Waals surface area contributed by atoms with Gasteiger partial charge in [-0.25, -0.2) is 8.78 Å². The van der Waals surface area contributed by atoms with E-state index >= 15 is 0 Å². The molecular formula is C17H12F2N2O. The molecule has 1 unspecified atom stereocenters. The van der Waals surface area contributed by atoms with Crippen LogP contribution in [0.4, 0.5) is 20.2 Å². The molecule has 1 heterocycles. The minimum atomic E-state index is -1.02. The number of anilines is 2. The van der Waals surface area contributed by atoms with E-state index in [-0.39, 0.29) is 18.1 Å². The fourth-order valence-corrected chi connectivity index (χ4v) is 2.49. The van der Waals surface area contributed by atoms with Crippen LogP contribution in [0.1, 0.15) is 11.6 Å². The van der Waals surface area contributed by atoms with Crippen LogP contribution in [0.3, 0.4) is 0 Å². The SMILES string of the molecule is C#CCN1C(=O)C(c2ccccc2)Nc2cc(F)c(F)cc21. The van der Waals surface area contributed by atoms with Crippen LogP contribution in [0.2, 0.25) is 0 Å². The maximum absolute atomic E-state index is 13.5. The number of benzene rings is 2. The molecule has 22 heavy (non-hydrogen) atoms. The van der Waals surface area contributed by atoms with E-state index in [1.807, 2.05) is 6.07 Å². The van der Waals surface area contributed by atoms with E-state index < -0.39 is 17.7 Å². The largest absolute Gasteiger partial charge is 0.368 e. The van der Waals surface area contributed by atoms with E-state index in [1.54, 1.807) is 24.3 Å². The van der Waals surface area contributed by atoms with Crippen molar-refractivity contribution in [1.82, 2.24) is 0 Å². The lowest BCUT2D eigenvalue weighted by Gasteiger charge is -2.34. The monoisotopic (exact) mass is 298 g/mol. The van der Waals surface area contributed by atoms with Crippen molar-refractivity contribution in [2.24, 2.45) is 0 Å². The Kier molecular flexibility index (Phi) is 3.51. The molecule has 1 aliphatic heterocycles. The Labute approximate surface area is 126 Å². The zero-order chi connectivity index (χ0) is 15.7. The van der Waals surface area contributed by atoms with Crippen molar-refractivity contribution in [2.45, 2.75) is 6.04 Å². The number of carbonyl (C=O) groups excluding carboxylic acids is 1. The molecule has 0 saturated carbocycles. The standard InChI is InChI=1S/C17H12F2N2O/c1-2-8-21-15-10-13(19)12(18)9-14(15)20-16(17(21)22)11-6-4-3-5-7-11/h1,3-7,9-10,16,20H,8H2. The average Bonchev–Trinajstić information content (AvgIpc) is 2.53. The highest BCUT2D eigenvalue weighted by molar-refractivity contribution is 6.05. The number of nitrogens with one attached hydrogen (secondary N) is 1. The predicted molar refractivity (Wildman–Crippen MR) is 80.3 cm³/mol. The van der Waals surface area contributed by atoms with Gasteiger partial charge in [0.2, 0.25) is 0 Å². The van der Waals surface area contributed by atoms with Gasteiger partial charge in [-0.2, -0.15) is 0 Å². The van der Waals surface area contributed by atoms with Gasteiger partial charge in [0.1, 0.15) is 6.04 Å². The maximum atomic E-state index is 13.5. The Hall–Kier alpha value is -2.87. The third-order valence-electron chi connectivity index (χ3n) is 3.52. The highest BCUT2D eigenvalue weighted by atomic mass is 19.2. The lowest BCUT2D eigenvalue weighted by Crippen LogP contribution is -2.42. The molecule has 1 N–H and O–H groups in total. The van der Waals surface area contributed by atoms with E-state index in [1.165, 1.54) is 4.90 Å². The molecule has 2 aromatic rings. The number of carbonyl (C=O) groups is 1. The summed E-state index contributed by atoms with van der Waals surface area (Å²) in [4.78, 5) is 13.9. The summed E-state index contributed by atoms with van der Waals surface area (Å²) in [7, 11) is 0. The van der Waals surface area contributed by atoms with Gasteiger partial charge in [-0.3, -0.25) is 9.69 Å². The average molecular weight is 298 g/mol. The quantitative estimate of drug-likeness (QED) is 0.864. The molecule has 0 saturated heterocycles. The van der Waals surface area contributed by atoms with Crippen LogP contribution in [0.15, 0.2) is 42.5 Å². The number of nitrogens with zero attached hydrogens (tertiary/aromatic N) is 1. The summed E-state index contributed by atoms with van der Waals surface area (Å²) >= 11 is 0. The summed E-state index contributed by atoms with van der Waals surface area (Å²) in [5.74, 6) is 0.0743. The van der Waals surface area contributed by atoms with Crippen LogP contribution in [-0.2, 0) is 4.79 Å². The molecule has 0 aromatic heterocycles. The zero-order valence-electron chi connectivity index (χ0n) is 11.5. The summed E-state index contributed by atoms with van der Waals surface area (Å²) in [5, 5.41) is 2.95. The molecule has 1 amide bonds. The molecule has 1 atom stereocenters. The van der Waals surface area contributed by atoms with Gasteiger partial charge < -0.3 is 5.32 Å². The molecule has 110 valence electrons. The Morgan fingerprint density at radius 3 is 2.55 bits per heavy atom. The van der Waals surface area contributed by atoms with Crippen molar-refractivity contribution in [3.8, 4) is 12.3 Å². The van der Waals surface area contributed by atoms with Crippen LogP contribution in [0.25, 0.3) is 0 Å². The van der Waals surface area contributed by atoms with E-state index in [2.05, 4.69) is 11.2 Å². The number of terminal acetylenes is 1. The smallest absolute Gasteiger partial charge is 0.255 e. The normalized spacial score (nSPS) is 16.7. The summed E-state index contributed by atoms with van der Waals surface area (Å²) in [6, 6.07) is 10.3. The second-order valence-electron chi connectivity index (χ2n) is 4.90. The number of amides is 1. The second kappa shape index (κ2) is 5.49. The van der Waals surface area contributed by atoms with Crippen LogP contribution in [0, 0.1) is 24.0 Å². The van der Waals surface area contributed by atoms with E-state index in [4.69, 9.17) is 6.42 Å². The third kappa shape index (κ3) is 2.29. The number of hydrogen-bond donors (Lipinski definition) is 1. The number of halogens is 2. The lowest BCUT2D eigenvalue weighted by molar-refractivity contribution is -0.119. The van der Waals surface area contributed by atoms with Gasteiger partial charge in [-0.05, 0) is 5.56 Å². The lowest BCUT2D eigenvalue weighted by atomic mass is 10.0. The molecule has 2 aromatic carbocycles. The number of hydrogen-bond acceptors (Lipinski definition) is 2. The first kappa shape index (κ1) is 14.1. The predicted octanol–water partition coefficient (Wildman–Crippen LogP) is 3.10. The fourth-order valence-electron chi connectivity index (χ4n) is 2.49. The van der Waals surface area contributed by atoms with Crippen molar-refractivity contribution in [1.29, 1.82) is 0 Å². The van der Waals surface area contributed by atoms with Gasteiger partial charge in [0.15, 0.2) is 11.6 Å². The first-order valence-corrected chi connectivity index (χ1v) is 6.67. The summed E-state index contributed by atoms with van der Waals surface area (Å²) in [5.41, 5.74) is 1.31. The highest BCUT2D eigenvalue weighted by Gasteiger charge is 2.34. The Balaban J connectivity index is 2.10. The van der Waals surface area contributed by atoms with Crippen molar-refractivity contribution in [2.75, 3.05) is 16.8 Å². The molecular weight excluding hydrogens is 286 g/mol. The summed E-state index contributed by atoms with van der Waals surface area (Å²) in [6.07, 6.45) is 5.30. The molecule has 3 rings (SSSR count). The van der Waals surface area contributed by atoms with Crippen molar-refractivity contribution in [3.63, 3.8) is 0 Å². The summed E-state index contributed by atoms with van der Waals surface area (Å²) < 4.78 is 27.0. The van der Waals surface area contributed by atoms with Gasteiger partial charge in [0.05, 0.1) is 17.9 Å². The summed E-state index contributed by atoms with van der Waals surface area (Å²) in [6.45, 7) is -0.0120. The maximum Gasteiger partial charge on any atom is 0.255 e. The van der Waals surface area contributed by atoms with Crippen molar-refractivity contribution >= 4 is 17.3 Å². The van der Waals surface area contributed by atoms with Crippen molar-refractivity contribution in [3.05, 3.63) is 59.7 Å². The van der Waals surface area contributed by atoms with Gasteiger partial charge in [0.25, 0.3) is 5.91 Å². The highest BCUT2D eigenvalue weighted by Crippen LogP contribution is 2.37. The third-order valence-corrected chi connectivity index (χ3v) is 3.52. The second-order valence-corrected chi connectivity index (χ2v) is 4.90. The van der Waals surface area contributed by atoms with Gasteiger partial charge in [0, 0.05) is 12.1 Å². The molecule has 0 fully saturated rings. The van der Waals surface area contributed by atoms with Gasteiger partial charge in [-0.15, -0.1) is 6.42 Å². The zero-order valence-corrected chi connectivity index (χ0v) is 11.5. The topological polar surface area (TPSA) is 32.3 Å². The Morgan fingerprint density at radius 2 is 1.86 bits per heavy atom. The van der Waals surface area contributed by atoms with Crippen LogP contribution in [-0.4, -0.2) is 12.5 Å². The molecule has 0 bridgehead atoms. The first-order valence-electron chi connectivity index (χ1n) is 6.67. The van der Waals surface area contributed by atoms with E-state index in [0.717, 1.165) is 17.7 Å². The molecule has 5 heteroatoms. The molecule has 1 aliphatic rings. The number of rotatable bonds is 2. The molecule has 0 spiro atoms. The minimum absolute atomic E-state index is 0.0120. The first-order chi connectivity index (χ1) is 10.6. The number of fused-ring (bicyclic) bond motifs is 1. The minimum Gasteiger partial charge on any atom is -0.368 e.